The number of hydrogen-bond donors (Lipinski definition) is 1. The van der Waals surface area contributed by atoms with Crippen LogP contribution in [0.3, 0.4) is 0 Å². The molecule has 0 aliphatic heterocycles. The van der Waals surface area contributed by atoms with Crippen LogP contribution in [0.1, 0.15) is 12.5 Å². The number of nitrogens with one attached hydrogen (secondary N) is 1. The van der Waals surface area contributed by atoms with E-state index in [1.54, 1.807) is 49.5 Å². The molecule has 1 aromatic heterocycles. The van der Waals surface area contributed by atoms with Crippen molar-refractivity contribution in [3.8, 4) is 0 Å². The van der Waals surface area contributed by atoms with E-state index in [2.05, 4.69) is 9.71 Å². The standard InChI is InChI=1S/C18H17N3O3S/c1-2-21(22)13-14-8-9-18(16-10-11-19-12-17(14)16)25(23,24)20-15-6-4-3-5-7-15/h3-13,20H,2H2,1H3/b21-13-. The number of anilines is 1. The van der Waals surface area contributed by atoms with Gasteiger partial charge in [0.1, 0.15) is 0 Å². The maximum Gasteiger partial charge on any atom is 0.262 e. The number of hydroxylamine groups is 1. The Bertz CT molecular complexity index is 1030. The number of sulfonamides is 1. The zero-order valence-electron chi connectivity index (χ0n) is 13.6. The number of hydrogen-bond acceptors (Lipinski definition) is 4. The highest BCUT2D eigenvalue weighted by Crippen LogP contribution is 2.26. The molecule has 3 aromatic rings. The van der Waals surface area contributed by atoms with Gasteiger partial charge in [0.05, 0.1) is 4.90 Å². The van der Waals surface area contributed by atoms with Crippen LogP contribution < -0.4 is 4.72 Å². The summed E-state index contributed by atoms with van der Waals surface area (Å²) in [5.74, 6) is 0. The van der Waals surface area contributed by atoms with Crippen molar-refractivity contribution in [1.82, 2.24) is 4.98 Å². The fourth-order valence-electron chi connectivity index (χ4n) is 2.49. The highest BCUT2D eigenvalue weighted by Gasteiger charge is 2.19. The molecule has 0 aliphatic rings. The minimum Gasteiger partial charge on any atom is -0.624 e. The lowest BCUT2D eigenvalue weighted by molar-refractivity contribution is -0.447. The van der Waals surface area contributed by atoms with Crippen LogP contribution in [0.25, 0.3) is 10.8 Å². The molecule has 0 unspecified atom stereocenters. The van der Waals surface area contributed by atoms with E-state index >= 15 is 0 Å². The molecule has 0 saturated heterocycles. The number of fused-ring (bicyclic) bond motifs is 1. The predicted octanol–water partition coefficient (Wildman–Crippen LogP) is 2.98. The lowest BCUT2D eigenvalue weighted by atomic mass is 10.1. The molecule has 0 amide bonds. The third-order valence-corrected chi connectivity index (χ3v) is 5.16. The molecular weight excluding hydrogens is 338 g/mol. The number of para-hydroxylation sites is 1. The summed E-state index contributed by atoms with van der Waals surface area (Å²) in [5.41, 5.74) is 1.11. The second-order valence-electron chi connectivity index (χ2n) is 5.41. The van der Waals surface area contributed by atoms with Crippen LogP contribution in [-0.4, -0.2) is 30.9 Å². The summed E-state index contributed by atoms with van der Waals surface area (Å²) in [7, 11) is -3.77. The smallest absolute Gasteiger partial charge is 0.262 e. The fraction of sp³-hybridized carbons (Fsp3) is 0.111. The molecule has 0 spiro atoms. The Morgan fingerprint density at radius 1 is 1.12 bits per heavy atom. The van der Waals surface area contributed by atoms with Gasteiger partial charge in [0, 0.05) is 34.4 Å². The van der Waals surface area contributed by atoms with Crippen molar-refractivity contribution in [2.24, 2.45) is 0 Å². The summed E-state index contributed by atoms with van der Waals surface area (Å²) in [6, 6.07) is 13.4. The number of nitrogens with zero attached hydrogens (tertiary/aromatic N) is 2. The summed E-state index contributed by atoms with van der Waals surface area (Å²) >= 11 is 0. The highest BCUT2D eigenvalue weighted by molar-refractivity contribution is 7.93. The van der Waals surface area contributed by atoms with Crippen molar-refractivity contribution in [2.75, 3.05) is 11.3 Å². The Morgan fingerprint density at radius 2 is 1.88 bits per heavy atom. The molecule has 7 heteroatoms. The molecule has 25 heavy (non-hydrogen) atoms. The summed E-state index contributed by atoms with van der Waals surface area (Å²) in [4.78, 5) is 4.20. The van der Waals surface area contributed by atoms with Crippen LogP contribution in [0.5, 0.6) is 0 Å². The molecule has 1 heterocycles. The SMILES string of the molecule is CC/[N+]([O-])=C/c1ccc(S(=O)(=O)Nc2ccccc2)c2ccncc12. The van der Waals surface area contributed by atoms with E-state index in [1.807, 2.05) is 6.07 Å². The van der Waals surface area contributed by atoms with Crippen LogP contribution in [0.4, 0.5) is 5.69 Å². The maximum atomic E-state index is 12.8. The predicted molar refractivity (Wildman–Crippen MR) is 98.3 cm³/mol. The quantitative estimate of drug-likeness (QED) is 0.330. The Kier molecular flexibility index (Phi) is 4.67. The molecular formula is C18H17N3O3S. The van der Waals surface area contributed by atoms with E-state index in [4.69, 9.17) is 0 Å². The van der Waals surface area contributed by atoms with E-state index in [-0.39, 0.29) is 4.90 Å². The first kappa shape index (κ1) is 16.9. The second kappa shape index (κ2) is 6.90. The van der Waals surface area contributed by atoms with Gasteiger partial charge in [-0.15, -0.1) is 0 Å². The minimum absolute atomic E-state index is 0.139. The number of pyridine rings is 1. The van der Waals surface area contributed by atoms with Crippen LogP contribution in [0.2, 0.25) is 0 Å². The summed E-state index contributed by atoms with van der Waals surface area (Å²) in [6.07, 6.45) is 4.53. The van der Waals surface area contributed by atoms with Gasteiger partial charge in [-0.3, -0.25) is 9.71 Å². The van der Waals surface area contributed by atoms with Crippen molar-refractivity contribution >= 4 is 32.7 Å². The van der Waals surface area contributed by atoms with Gasteiger partial charge in [0.25, 0.3) is 10.0 Å². The summed E-state index contributed by atoms with van der Waals surface area (Å²) in [5, 5.41) is 12.8. The second-order valence-corrected chi connectivity index (χ2v) is 7.06. The molecule has 0 aliphatic carbocycles. The third kappa shape index (κ3) is 3.61. The van der Waals surface area contributed by atoms with Gasteiger partial charge in [-0.25, -0.2) is 13.2 Å². The zero-order valence-corrected chi connectivity index (χ0v) is 14.4. The highest BCUT2D eigenvalue weighted by atomic mass is 32.2. The van der Waals surface area contributed by atoms with E-state index in [1.165, 1.54) is 18.5 Å². The summed E-state index contributed by atoms with van der Waals surface area (Å²) in [6.45, 7) is 2.05. The normalized spacial score (nSPS) is 12.3. The first-order valence-electron chi connectivity index (χ1n) is 7.74. The average Bonchev–Trinajstić information content (AvgIpc) is 2.62. The Hall–Kier alpha value is -2.93. The molecule has 3 rings (SSSR count). The monoisotopic (exact) mass is 355 g/mol. The van der Waals surface area contributed by atoms with Gasteiger partial charge in [-0.05, 0) is 37.3 Å². The Morgan fingerprint density at radius 3 is 2.60 bits per heavy atom. The molecule has 6 nitrogen and oxygen atoms in total. The van der Waals surface area contributed by atoms with Gasteiger partial charge in [0.2, 0.25) is 0 Å². The van der Waals surface area contributed by atoms with Crippen LogP contribution in [0.15, 0.2) is 65.8 Å². The zero-order chi connectivity index (χ0) is 17.9. The van der Waals surface area contributed by atoms with Gasteiger partial charge in [-0.1, -0.05) is 18.2 Å². The molecule has 128 valence electrons. The minimum atomic E-state index is -3.77. The van der Waals surface area contributed by atoms with Gasteiger partial charge >= 0.3 is 0 Å². The van der Waals surface area contributed by atoms with Crippen molar-refractivity contribution in [3.63, 3.8) is 0 Å². The Labute approximate surface area is 146 Å². The van der Waals surface area contributed by atoms with Gasteiger partial charge in [0.15, 0.2) is 12.8 Å². The largest absolute Gasteiger partial charge is 0.624 e. The molecule has 1 N–H and O–H groups in total. The van der Waals surface area contributed by atoms with E-state index in [0.717, 1.165) is 4.74 Å². The van der Waals surface area contributed by atoms with Crippen molar-refractivity contribution in [1.29, 1.82) is 0 Å². The number of aromatic nitrogens is 1. The molecule has 0 fully saturated rings. The van der Waals surface area contributed by atoms with Crippen LogP contribution in [0, 0.1) is 5.21 Å². The Balaban J connectivity index is 2.13. The van der Waals surface area contributed by atoms with Crippen LogP contribution >= 0.6 is 0 Å². The molecule has 2 aromatic carbocycles. The first-order valence-corrected chi connectivity index (χ1v) is 9.23. The average molecular weight is 355 g/mol. The van der Waals surface area contributed by atoms with Crippen molar-refractivity contribution in [3.05, 3.63) is 71.7 Å². The lowest BCUT2D eigenvalue weighted by Crippen LogP contribution is -2.14. The van der Waals surface area contributed by atoms with E-state index in [9.17, 15) is 13.6 Å². The van der Waals surface area contributed by atoms with Gasteiger partial charge in [-0.2, -0.15) is 0 Å². The fourth-order valence-corrected chi connectivity index (χ4v) is 3.77. The maximum absolute atomic E-state index is 12.8. The third-order valence-electron chi connectivity index (χ3n) is 3.72. The number of benzene rings is 2. The molecule has 0 bridgehead atoms. The molecule has 0 radical (unpaired) electrons. The van der Waals surface area contributed by atoms with E-state index < -0.39 is 10.0 Å². The molecule has 0 atom stereocenters. The van der Waals surface area contributed by atoms with E-state index in [0.29, 0.717) is 28.6 Å². The van der Waals surface area contributed by atoms with Crippen LogP contribution in [-0.2, 0) is 10.0 Å². The van der Waals surface area contributed by atoms with Crippen molar-refractivity contribution in [2.45, 2.75) is 11.8 Å². The molecule has 0 saturated carbocycles. The first-order chi connectivity index (χ1) is 12.0. The van der Waals surface area contributed by atoms with Crippen molar-refractivity contribution < 1.29 is 13.2 Å². The number of rotatable bonds is 5. The topological polar surface area (TPSA) is 85.1 Å². The summed E-state index contributed by atoms with van der Waals surface area (Å²) < 4.78 is 28.9. The van der Waals surface area contributed by atoms with Gasteiger partial charge < -0.3 is 5.21 Å². The lowest BCUT2D eigenvalue weighted by Gasteiger charge is -2.11.